The quantitative estimate of drug-likeness (QED) is 0.772. The SMILES string of the molecule is Cc1[nH]ncc1S(=O)(=O)Nc1cc(C(N)=O)ccc1F. The van der Waals surface area contributed by atoms with Crippen molar-refractivity contribution in [1.82, 2.24) is 10.2 Å². The van der Waals surface area contributed by atoms with Crippen LogP contribution in [0.5, 0.6) is 0 Å². The third-order valence-electron chi connectivity index (χ3n) is 2.57. The summed E-state index contributed by atoms with van der Waals surface area (Å²) in [4.78, 5) is 10.9. The van der Waals surface area contributed by atoms with Crippen LogP contribution in [0.4, 0.5) is 10.1 Å². The Kier molecular flexibility index (Phi) is 3.45. The van der Waals surface area contributed by atoms with Gasteiger partial charge in [0.25, 0.3) is 10.0 Å². The van der Waals surface area contributed by atoms with Crippen LogP contribution in [0, 0.1) is 12.7 Å². The molecule has 0 spiro atoms. The number of aromatic amines is 1. The van der Waals surface area contributed by atoms with Crippen molar-refractivity contribution in [2.24, 2.45) is 5.73 Å². The minimum Gasteiger partial charge on any atom is -0.366 e. The molecule has 0 aliphatic heterocycles. The van der Waals surface area contributed by atoms with E-state index in [2.05, 4.69) is 14.9 Å². The van der Waals surface area contributed by atoms with Gasteiger partial charge in [-0.25, -0.2) is 12.8 Å². The Hall–Kier alpha value is -2.42. The van der Waals surface area contributed by atoms with Crippen LogP contribution in [0.3, 0.4) is 0 Å². The van der Waals surface area contributed by atoms with E-state index >= 15 is 0 Å². The number of carbonyl (C=O) groups excluding carboxylic acids is 1. The van der Waals surface area contributed by atoms with E-state index in [-0.39, 0.29) is 16.1 Å². The van der Waals surface area contributed by atoms with Crippen LogP contribution in [0.15, 0.2) is 29.3 Å². The highest BCUT2D eigenvalue weighted by Gasteiger charge is 2.20. The zero-order valence-corrected chi connectivity index (χ0v) is 11.2. The van der Waals surface area contributed by atoms with Crippen LogP contribution in [0.1, 0.15) is 16.1 Å². The maximum absolute atomic E-state index is 13.6. The third kappa shape index (κ3) is 2.62. The minimum absolute atomic E-state index is 0.00647. The van der Waals surface area contributed by atoms with E-state index in [1.807, 2.05) is 0 Å². The average molecular weight is 298 g/mol. The Morgan fingerprint density at radius 1 is 1.45 bits per heavy atom. The molecule has 0 fully saturated rings. The van der Waals surface area contributed by atoms with Gasteiger partial charge in [-0.2, -0.15) is 5.10 Å². The second-order valence-electron chi connectivity index (χ2n) is 4.02. The molecule has 4 N–H and O–H groups in total. The highest BCUT2D eigenvalue weighted by Crippen LogP contribution is 2.21. The van der Waals surface area contributed by atoms with Crippen molar-refractivity contribution in [3.8, 4) is 0 Å². The van der Waals surface area contributed by atoms with Crippen LogP contribution in [-0.2, 0) is 10.0 Å². The molecule has 7 nitrogen and oxygen atoms in total. The summed E-state index contributed by atoms with van der Waals surface area (Å²) in [7, 11) is -4.00. The second-order valence-corrected chi connectivity index (χ2v) is 5.67. The number of nitrogens with zero attached hydrogens (tertiary/aromatic N) is 1. The fraction of sp³-hybridized carbons (Fsp3) is 0.0909. The number of anilines is 1. The lowest BCUT2D eigenvalue weighted by molar-refractivity contribution is 0.100. The van der Waals surface area contributed by atoms with Crippen molar-refractivity contribution in [3.63, 3.8) is 0 Å². The lowest BCUT2D eigenvalue weighted by Gasteiger charge is -2.09. The molecule has 1 amide bonds. The van der Waals surface area contributed by atoms with Crippen molar-refractivity contribution in [2.45, 2.75) is 11.8 Å². The first-order valence-electron chi connectivity index (χ1n) is 5.43. The van der Waals surface area contributed by atoms with Gasteiger partial charge in [0, 0.05) is 5.56 Å². The smallest absolute Gasteiger partial charge is 0.265 e. The van der Waals surface area contributed by atoms with Crippen molar-refractivity contribution < 1.29 is 17.6 Å². The van der Waals surface area contributed by atoms with Gasteiger partial charge in [0.05, 0.1) is 17.6 Å². The molecule has 0 aliphatic carbocycles. The lowest BCUT2D eigenvalue weighted by atomic mass is 10.2. The Morgan fingerprint density at radius 2 is 2.15 bits per heavy atom. The first-order valence-corrected chi connectivity index (χ1v) is 6.92. The summed E-state index contributed by atoms with van der Waals surface area (Å²) in [5, 5.41) is 6.05. The highest BCUT2D eigenvalue weighted by molar-refractivity contribution is 7.92. The molecule has 20 heavy (non-hydrogen) atoms. The number of nitrogens with one attached hydrogen (secondary N) is 2. The summed E-state index contributed by atoms with van der Waals surface area (Å²) in [6, 6.07) is 3.16. The maximum atomic E-state index is 13.6. The monoisotopic (exact) mass is 298 g/mol. The van der Waals surface area contributed by atoms with Crippen molar-refractivity contribution >= 4 is 21.6 Å². The molecule has 2 aromatic rings. The number of aromatic nitrogens is 2. The van der Waals surface area contributed by atoms with Gasteiger partial charge >= 0.3 is 0 Å². The molecule has 1 aromatic carbocycles. The fourth-order valence-electron chi connectivity index (χ4n) is 1.57. The Bertz CT molecular complexity index is 770. The second kappa shape index (κ2) is 4.93. The van der Waals surface area contributed by atoms with E-state index < -0.39 is 21.7 Å². The number of aryl methyl sites for hydroxylation is 1. The number of hydrogen-bond donors (Lipinski definition) is 3. The summed E-state index contributed by atoms with van der Waals surface area (Å²) in [5.41, 5.74) is 5.00. The summed E-state index contributed by atoms with van der Waals surface area (Å²) in [6.07, 6.45) is 1.10. The molecule has 0 atom stereocenters. The van der Waals surface area contributed by atoms with Gasteiger partial charge in [-0.3, -0.25) is 14.6 Å². The van der Waals surface area contributed by atoms with Crippen molar-refractivity contribution in [3.05, 3.63) is 41.5 Å². The standard InChI is InChI=1S/C11H11FN4O3S/c1-6-10(5-14-15-6)20(18,19)16-9-4-7(11(13)17)2-3-8(9)12/h2-5,16H,1H3,(H2,13,17)(H,14,15). The van der Waals surface area contributed by atoms with Gasteiger partial charge < -0.3 is 5.73 Å². The zero-order valence-electron chi connectivity index (χ0n) is 10.3. The molecule has 1 aromatic heterocycles. The van der Waals surface area contributed by atoms with Crippen LogP contribution in [-0.4, -0.2) is 24.5 Å². The molecule has 0 bridgehead atoms. The number of nitrogens with two attached hydrogens (primary N) is 1. The van der Waals surface area contributed by atoms with Crippen LogP contribution >= 0.6 is 0 Å². The Balaban J connectivity index is 2.42. The summed E-state index contributed by atoms with van der Waals surface area (Å²) in [6.45, 7) is 1.51. The van der Waals surface area contributed by atoms with Gasteiger partial charge in [0.1, 0.15) is 10.7 Å². The first-order chi connectivity index (χ1) is 9.31. The number of hydrogen-bond acceptors (Lipinski definition) is 4. The van der Waals surface area contributed by atoms with Crippen LogP contribution in [0.25, 0.3) is 0 Å². The van der Waals surface area contributed by atoms with E-state index in [0.29, 0.717) is 5.69 Å². The molecule has 2 rings (SSSR count). The van der Waals surface area contributed by atoms with Gasteiger partial charge in [-0.15, -0.1) is 0 Å². The molecule has 0 unspecified atom stereocenters. The van der Waals surface area contributed by atoms with Gasteiger partial charge in [-0.05, 0) is 25.1 Å². The summed E-state index contributed by atoms with van der Waals surface area (Å²) >= 11 is 0. The summed E-state index contributed by atoms with van der Waals surface area (Å²) in [5.74, 6) is -1.61. The van der Waals surface area contributed by atoms with E-state index in [1.165, 1.54) is 13.0 Å². The molecule has 1 heterocycles. The minimum atomic E-state index is -4.00. The number of primary amides is 1. The molecular formula is C11H11FN4O3S. The molecule has 106 valence electrons. The molecule has 0 aliphatic rings. The van der Waals surface area contributed by atoms with E-state index in [0.717, 1.165) is 18.3 Å². The average Bonchev–Trinajstić information content (AvgIpc) is 2.78. The number of benzene rings is 1. The van der Waals surface area contributed by atoms with Crippen molar-refractivity contribution in [1.29, 1.82) is 0 Å². The highest BCUT2D eigenvalue weighted by atomic mass is 32.2. The number of carbonyl (C=O) groups is 1. The van der Waals surface area contributed by atoms with E-state index in [9.17, 15) is 17.6 Å². The number of rotatable bonds is 4. The molecule has 9 heteroatoms. The molecule has 0 radical (unpaired) electrons. The topological polar surface area (TPSA) is 118 Å². The lowest BCUT2D eigenvalue weighted by Crippen LogP contribution is -2.16. The predicted octanol–water partition coefficient (Wildman–Crippen LogP) is 0.757. The number of H-pyrrole nitrogens is 1. The van der Waals surface area contributed by atoms with E-state index in [1.54, 1.807) is 0 Å². The van der Waals surface area contributed by atoms with Crippen LogP contribution in [0.2, 0.25) is 0 Å². The number of sulfonamides is 1. The third-order valence-corrected chi connectivity index (χ3v) is 4.05. The van der Waals surface area contributed by atoms with E-state index in [4.69, 9.17) is 5.73 Å². The number of amides is 1. The molecule has 0 saturated heterocycles. The van der Waals surface area contributed by atoms with Gasteiger partial charge in [0.2, 0.25) is 5.91 Å². The largest absolute Gasteiger partial charge is 0.366 e. The molecular weight excluding hydrogens is 287 g/mol. The normalized spacial score (nSPS) is 11.3. The Labute approximate surface area is 114 Å². The van der Waals surface area contributed by atoms with Gasteiger partial charge in [0.15, 0.2) is 0 Å². The first kappa shape index (κ1) is 14.0. The van der Waals surface area contributed by atoms with Gasteiger partial charge in [-0.1, -0.05) is 0 Å². The zero-order chi connectivity index (χ0) is 14.9. The molecule has 0 saturated carbocycles. The Morgan fingerprint density at radius 3 is 2.70 bits per heavy atom. The van der Waals surface area contributed by atoms with Crippen LogP contribution < -0.4 is 10.5 Å². The maximum Gasteiger partial charge on any atom is 0.265 e. The van der Waals surface area contributed by atoms with Crippen molar-refractivity contribution in [2.75, 3.05) is 4.72 Å². The summed E-state index contributed by atoms with van der Waals surface area (Å²) < 4.78 is 39.8. The predicted molar refractivity (Wildman–Crippen MR) is 69.1 cm³/mol. The number of halogens is 1. The fourth-order valence-corrected chi connectivity index (χ4v) is 2.76.